The Labute approximate surface area is 144 Å². The Morgan fingerprint density at radius 3 is 2.84 bits per heavy atom. The predicted octanol–water partition coefficient (Wildman–Crippen LogP) is 1.51. The van der Waals surface area contributed by atoms with Crippen LogP contribution in [-0.4, -0.2) is 37.3 Å². The molecule has 3 aromatic rings. The van der Waals surface area contributed by atoms with Crippen LogP contribution in [0.3, 0.4) is 0 Å². The zero-order valence-electron chi connectivity index (χ0n) is 14.2. The summed E-state index contributed by atoms with van der Waals surface area (Å²) in [6, 6.07) is 4.97. The summed E-state index contributed by atoms with van der Waals surface area (Å²) in [5.74, 6) is 1.51. The van der Waals surface area contributed by atoms with E-state index in [4.69, 9.17) is 4.42 Å². The molecule has 0 radical (unpaired) electrons. The van der Waals surface area contributed by atoms with E-state index in [-0.39, 0.29) is 12.5 Å². The van der Waals surface area contributed by atoms with E-state index in [1.54, 1.807) is 32.0 Å². The van der Waals surface area contributed by atoms with Gasteiger partial charge in [0.1, 0.15) is 29.8 Å². The number of nitrogens with one attached hydrogen (secondary N) is 1. The van der Waals surface area contributed by atoms with Crippen molar-refractivity contribution in [2.45, 2.75) is 26.4 Å². The molecule has 8 nitrogen and oxygen atoms in total. The highest BCUT2D eigenvalue weighted by Gasteiger charge is 2.28. The van der Waals surface area contributed by atoms with Gasteiger partial charge in [0.15, 0.2) is 5.82 Å². The van der Waals surface area contributed by atoms with Crippen LogP contribution in [0.2, 0.25) is 0 Å². The molecule has 130 valence electrons. The van der Waals surface area contributed by atoms with E-state index in [2.05, 4.69) is 20.4 Å². The first-order valence-corrected chi connectivity index (χ1v) is 7.76. The maximum atomic E-state index is 12.4. The van der Waals surface area contributed by atoms with Gasteiger partial charge in [0.05, 0.1) is 6.54 Å². The lowest BCUT2D eigenvalue weighted by Crippen LogP contribution is -2.38. The Balaban J connectivity index is 1.72. The van der Waals surface area contributed by atoms with Crippen LogP contribution in [0.4, 0.5) is 0 Å². The monoisotopic (exact) mass is 341 g/mol. The maximum Gasteiger partial charge on any atom is 0.251 e. The summed E-state index contributed by atoms with van der Waals surface area (Å²) in [5.41, 5.74) is -0.168. The standard InChI is InChI=1S/C17H19N5O3/c1-11-6-14(12(2)25-11)17(3,24)8-20-16(23)13-4-5-19-15(7-13)22-10-18-9-21-22/h4-7,9-10,24H,8H2,1-3H3,(H,20,23). The van der Waals surface area contributed by atoms with Crippen LogP contribution in [0.25, 0.3) is 5.82 Å². The van der Waals surface area contributed by atoms with E-state index in [9.17, 15) is 9.90 Å². The van der Waals surface area contributed by atoms with Gasteiger partial charge in [-0.25, -0.2) is 14.6 Å². The first-order valence-electron chi connectivity index (χ1n) is 7.76. The fourth-order valence-corrected chi connectivity index (χ4v) is 2.63. The molecule has 0 aromatic carbocycles. The molecule has 0 bridgehead atoms. The lowest BCUT2D eigenvalue weighted by Gasteiger charge is -2.23. The molecule has 1 amide bonds. The van der Waals surface area contributed by atoms with Crippen molar-refractivity contribution in [2.75, 3.05) is 6.54 Å². The van der Waals surface area contributed by atoms with Crippen molar-refractivity contribution >= 4 is 5.91 Å². The molecule has 0 aliphatic heterocycles. The number of carbonyl (C=O) groups excluding carboxylic acids is 1. The van der Waals surface area contributed by atoms with Crippen molar-refractivity contribution in [3.63, 3.8) is 0 Å². The highest BCUT2D eigenvalue weighted by molar-refractivity contribution is 5.94. The van der Waals surface area contributed by atoms with Gasteiger partial charge in [0, 0.05) is 17.3 Å². The quantitative estimate of drug-likeness (QED) is 0.728. The predicted molar refractivity (Wildman–Crippen MR) is 89.2 cm³/mol. The molecule has 8 heteroatoms. The van der Waals surface area contributed by atoms with Crippen molar-refractivity contribution in [3.05, 3.63) is 59.7 Å². The molecule has 0 fully saturated rings. The van der Waals surface area contributed by atoms with Gasteiger partial charge >= 0.3 is 0 Å². The Kier molecular flexibility index (Phi) is 4.37. The molecule has 25 heavy (non-hydrogen) atoms. The molecule has 3 aromatic heterocycles. The molecule has 1 atom stereocenters. The Morgan fingerprint density at radius 1 is 1.40 bits per heavy atom. The number of carbonyl (C=O) groups is 1. The van der Waals surface area contributed by atoms with E-state index in [0.717, 1.165) is 0 Å². The van der Waals surface area contributed by atoms with Crippen LogP contribution >= 0.6 is 0 Å². The van der Waals surface area contributed by atoms with Gasteiger partial charge in [-0.05, 0) is 39.0 Å². The SMILES string of the molecule is Cc1cc(C(C)(O)CNC(=O)c2ccnc(-n3cncn3)c2)c(C)o1. The summed E-state index contributed by atoms with van der Waals surface area (Å²) in [5, 5.41) is 17.4. The normalized spacial score (nSPS) is 13.4. The van der Waals surface area contributed by atoms with Crippen molar-refractivity contribution in [1.29, 1.82) is 0 Å². The number of hydrogen-bond donors (Lipinski definition) is 2. The summed E-state index contributed by atoms with van der Waals surface area (Å²) in [6.07, 6.45) is 4.41. The molecule has 0 aliphatic rings. The van der Waals surface area contributed by atoms with Crippen LogP contribution in [0.1, 0.15) is 34.4 Å². The van der Waals surface area contributed by atoms with Gasteiger partial charge in [0.2, 0.25) is 0 Å². The maximum absolute atomic E-state index is 12.4. The highest BCUT2D eigenvalue weighted by Crippen LogP contribution is 2.26. The van der Waals surface area contributed by atoms with Gasteiger partial charge in [0.25, 0.3) is 5.91 Å². The minimum Gasteiger partial charge on any atom is -0.466 e. The van der Waals surface area contributed by atoms with Gasteiger partial charge < -0.3 is 14.8 Å². The number of nitrogens with zero attached hydrogens (tertiary/aromatic N) is 4. The number of amides is 1. The fraction of sp³-hybridized carbons (Fsp3) is 0.294. The van der Waals surface area contributed by atoms with Crippen LogP contribution in [-0.2, 0) is 5.60 Å². The first kappa shape index (κ1) is 16.8. The molecule has 2 N–H and O–H groups in total. The molecule has 0 aliphatic carbocycles. The number of hydrogen-bond acceptors (Lipinski definition) is 6. The lowest BCUT2D eigenvalue weighted by molar-refractivity contribution is 0.0514. The van der Waals surface area contributed by atoms with Crippen molar-refractivity contribution < 1.29 is 14.3 Å². The summed E-state index contributed by atoms with van der Waals surface area (Å²) >= 11 is 0. The second-order valence-corrected chi connectivity index (χ2v) is 6.03. The minimum absolute atomic E-state index is 0.0482. The van der Waals surface area contributed by atoms with Crippen molar-refractivity contribution in [3.8, 4) is 5.82 Å². The van der Waals surface area contributed by atoms with Gasteiger partial charge in [-0.15, -0.1) is 0 Å². The third-order valence-electron chi connectivity index (χ3n) is 3.88. The average molecular weight is 341 g/mol. The average Bonchev–Trinajstić information content (AvgIpc) is 3.22. The van der Waals surface area contributed by atoms with Crippen molar-refractivity contribution in [1.82, 2.24) is 25.1 Å². The van der Waals surface area contributed by atoms with Crippen LogP contribution in [0.5, 0.6) is 0 Å². The summed E-state index contributed by atoms with van der Waals surface area (Å²) in [7, 11) is 0. The molecular weight excluding hydrogens is 322 g/mol. The topological polar surface area (TPSA) is 106 Å². The third-order valence-corrected chi connectivity index (χ3v) is 3.88. The zero-order chi connectivity index (χ0) is 18.0. The zero-order valence-corrected chi connectivity index (χ0v) is 14.2. The number of pyridine rings is 1. The largest absolute Gasteiger partial charge is 0.466 e. The van der Waals surface area contributed by atoms with Gasteiger partial charge in [-0.3, -0.25) is 4.79 Å². The van der Waals surface area contributed by atoms with Crippen LogP contribution < -0.4 is 5.32 Å². The molecular formula is C17H19N5O3. The van der Waals surface area contributed by atoms with E-state index in [1.165, 1.54) is 23.5 Å². The summed E-state index contributed by atoms with van der Waals surface area (Å²) in [4.78, 5) is 20.4. The van der Waals surface area contributed by atoms with Gasteiger partial charge in [-0.1, -0.05) is 0 Å². The van der Waals surface area contributed by atoms with E-state index in [1.807, 2.05) is 6.92 Å². The smallest absolute Gasteiger partial charge is 0.251 e. The molecule has 0 saturated carbocycles. The van der Waals surface area contributed by atoms with E-state index < -0.39 is 5.60 Å². The second kappa shape index (κ2) is 6.48. The second-order valence-electron chi connectivity index (χ2n) is 6.03. The first-order chi connectivity index (χ1) is 11.9. The number of aryl methyl sites for hydroxylation is 2. The Morgan fingerprint density at radius 2 is 2.20 bits per heavy atom. The Bertz CT molecular complexity index is 884. The van der Waals surface area contributed by atoms with Gasteiger partial charge in [-0.2, -0.15) is 5.10 Å². The molecule has 1 unspecified atom stereocenters. The number of aromatic nitrogens is 4. The number of aliphatic hydroxyl groups is 1. The highest BCUT2D eigenvalue weighted by atomic mass is 16.3. The number of rotatable bonds is 5. The Hall–Kier alpha value is -3.00. The number of furan rings is 1. The molecule has 0 spiro atoms. The molecule has 3 rings (SSSR count). The molecule has 0 saturated heterocycles. The summed E-state index contributed by atoms with van der Waals surface area (Å²) in [6.45, 7) is 5.28. The fourth-order valence-electron chi connectivity index (χ4n) is 2.63. The van der Waals surface area contributed by atoms with Crippen LogP contribution in [0, 0.1) is 13.8 Å². The van der Waals surface area contributed by atoms with E-state index in [0.29, 0.717) is 28.5 Å². The van der Waals surface area contributed by atoms with Crippen LogP contribution in [0.15, 0.2) is 41.5 Å². The minimum atomic E-state index is -1.24. The molecule has 3 heterocycles. The van der Waals surface area contributed by atoms with E-state index >= 15 is 0 Å². The third kappa shape index (κ3) is 3.58. The lowest BCUT2D eigenvalue weighted by atomic mass is 9.96. The van der Waals surface area contributed by atoms with Crippen molar-refractivity contribution in [2.24, 2.45) is 0 Å². The summed E-state index contributed by atoms with van der Waals surface area (Å²) < 4.78 is 6.92.